The third-order valence-corrected chi connectivity index (χ3v) is 1.02. The third kappa shape index (κ3) is 2.04. The minimum Gasteiger partial charge on any atom is -0.437 e. The molecule has 0 aromatic carbocycles. The zero-order chi connectivity index (χ0) is 8.27. The average Bonchev–Trinajstić information content (AvgIpc) is 2.35. The molecule has 1 aromatic heterocycles. The molecule has 1 rings (SSSR count). The summed E-state index contributed by atoms with van der Waals surface area (Å²) in [7, 11) is 1.20. The lowest BCUT2D eigenvalue weighted by atomic mass is 11.1. The highest BCUT2D eigenvalue weighted by Crippen LogP contribution is 1.98. The van der Waals surface area contributed by atoms with Gasteiger partial charge in [0.2, 0.25) is 4.77 Å². The summed E-state index contributed by atoms with van der Waals surface area (Å²) in [6.07, 6.45) is -0.845. The van der Waals surface area contributed by atoms with Gasteiger partial charge in [0, 0.05) is 0 Å². The van der Waals surface area contributed by atoms with Crippen LogP contribution in [0.3, 0.4) is 0 Å². The van der Waals surface area contributed by atoms with Crippen LogP contribution in [0, 0.1) is 4.77 Å². The number of nitrogens with one attached hydrogen (secondary N) is 2. The summed E-state index contributed by atoms with van der Waals surface area (Å²) in [5.74, 6) is 0. The van der Waals surface area contributed by atoms with E-state index in [2.05, 4.69) is 36.9 Å². The molecule has 60 valence electrons. The molecule has 0 saturated heterocycles. The summed E-state index contributed by atoms with van der Waals surface area (Å²) in [4.78, 5) is 14.0. The Kier molecular flexibility index (Phi) is 2.21. The number of aromatic amines is 2. The van der Waals surface area contributed by atoms with Crippen molar-refractivity contribution in [3.05, 3.63) is 4.77 Å². The van der Waals surface area contributed by atoms with Crippen LogP contribution in [0.4, 0.5) is 4.79 Å². The van der Waals surface area contributed by atoms with Gasteiger partial charge in [0.05, 0.1) is 7.11 Å². The van der Waals surface area contributed by atoms with Crippen molar-refractivity contribution >= 4 is 18.4 Å². The van der Waals surface area contributed by atoms with Gasteiger partial charge in [0.15, 0.2) is 0 Å². The first-order valence-corrected chi connectivity index (χ1v) is 3.03. The molecule has 7 heteroatoms. The zero-order valence-corrected chi connectivity index (χ0v) is 6.40. The van der Waals surface area contributed by atoms with Crippen LogP contribution in [0.1, 0.15) is 0 Å². The molecule has 0 aliphatic carbocycles. The number of hydrogen-bond donors (Lipinski definition) is 2. The second-order valence-electron chi connectivity index (χ2n) is 1.53. The van der Waals surface area contributed by atoms with Gasteiger partial charge in [-0.25, -0.2) is 4.79 Å². The van der Waals surface area contributed by atoms with Crippen molar-refractivity contribution in [3.63, 3.8) is 0 Å². The first-order chi connectivity index (χ1) is 5.22. The van der Waals surface area contributed by atoms with Gasteiger partial charge in [-0.1, -0.05) is 0 Å². The quantitative estimate of drug-likeness (QED) is 0.483. The van der Waals surface area contributed by atoms with E-state index in [4.69, 9.17) is 0 Å². The van der Waals surface area contributed by atoms with Crippen molar-refractivity contribution in [2.24, 2.45) is 0 Å². The molecule has 1 aromatic rings. The molecule has 0 unspecified atom stereocenters. The van der Waals surface area contributed by atoms with Crippen molar-refractivity contribution in [2.75, 3.05) is 7.11 Å². The van der Waals surface area contributed by atoms with Crippen molar-refractivity contribution in [1.29, 1.82) is 0 Å². The summed E-state index contributed by atoms with van der Waals surface area (Å²) in [6.45, 7) is 0. The molecule has 0 amide bonds. The first-order valence-electron chi connectivity index (χ1n) is 2.63. The topological polar surface area (TPSA) is 80.0 Å². The smallest absolute Gasteiger partial charge is 0.437 e. The summed E-state index contributed by atoms with van der Waals surface area (Å²) >= 11 is 4.59. The minimum absolute atomic E-state index is 0.0122. The Hall–Kier alpha value is -1.37. The molecule has 0 bridgehead atoms. The summed E-state index contributed by atoms with van der Waals surface area (Å²) in [5.41, 5.74) is 0. The molecule has 0 radical (unpaired) electrons. The molecule has 0 aliphatic heterocycles. The van der Waals surface area contributed by atoms with Gasteiger partial charge in [-0.05, 0) is 12.2 Å². The Morgan fingerprint density at radius 3 is 2.82 bits per heavy atom. The fourth-order valence-corrected chi connectivity index (χ4v) is 0.558. The molecular weight excluding hydrogens is 170 g/mol. The molecule has 0 aliphatic rings. The lowest BCUT2D eigenvalue weighted by molar-refractivity contribution is 0.118. The van der Waals surface area contributed by atoms with E-state index >= 15 is 0 Å². The number of methoxy groups -OCH3 is 1. The van der Waals surface area contributed by atoms with E-state index in [1.54, 1.807) is 0 Å². The van der Waals surface area contributed by atoms with Crippen LogP contribution in [0.15, 0.2) is 0 Å². The fraction of sp³-hybridized carbons (Fsp3) is 0.250. The molecule has 0 fully saturated rings. The van der Waals surface area contributed by atoms with Crippen LogP contribution in [0.25, 0.3) is 0 Å². The van der Waals surface area contributed by atoms with E-state index in [1.165, 1.54) is 7.11 Å². The zero-order valence-electron chi connectivity index (χ0n) is 5.58. The number of carbonyl (C=O) groups excluding carboxylic acids is 1. The normalized spacial score (nSPS) is 9.18. The van der Waals surface area contributed by atoms with E-state index in [0.29, 0.717) is 0 Å². The van der Waals surface area contributed by atoms with Gasteiger partial charge in [-0.15, -0.1) is 0 Å². The first kappa shape index (κ1) is 7.73. The molecule has 11 heavy (non-hydrogen) atoms. The highest BCUT2D eigenvalue weighted by Gasteiger charge is 2.04. The Morgan fingerprint density at radius 2 is 2.36 bits per heavy atom. The maximum absolute atomic E-state index is 10.4. The van der Waals surface area contributed by atoms with Crippen molar-refractivity contribution in [2.45, 2.75) is 0 Å². The SMILES string of the molecule is COC(=O)Oc1nc(=S)[nH][nH]1. The molecule has 0 spiro atoms. The van der Waals surface area contributed by atoms with Crippen LogP contribution in [-0.2, 0) is 4.74 Å². The van der Waals surface area contributed by atoms with Gasteiger partial charge >= 0.3 is 12.2 Å². The van der Waals surface area contributed by atoms with E-state index in [9.17, 15) is 4.79 Å². The average molecular weight is 175 g/mol. The number of nitrogens with zero attached hydrogens (tertiary/aromatic N) is 1. The van der Waals surface area contributed by atoms with E-state index < -0.39 is 6.16 Å². The molecule has 0 atom stereocenters. The second kappa shape index (κ2) is 3.15. The number of hydrogen-bond acceptors (Lipinski definition) is 5. The van der Waals surface area contributed by atoms with Gasteiger partial charge in [0.1, 0.15) is 0 Å². The number of H-pyrrole nitrogens is 2. The molecule has 2 N–H and O–H groups in total. The Bertz CT molecular complexity index is 304. The third-order valence-electron chi connectivity index (χ3n) is 0.826. The minimum atomic E-state index is -0.845. The van der Waals surface area contributed by atoms with E-state index in [1.807, 2.05) is 0 Å². The highest BCUT2D eigenvalue weighted by molar-refractivity contribution is 7.71. The van der Waals surface area contributed by atoms with E-state index in [0.717, 1.165) is 0 Å². The standard InChI is InChI=1S/C4H5N3O3S/c1-9-4(8)10-2-5-3(11)7-6-2/h1H3,(H2,5,6,7,11). The van der Waals surface area contributed by atoms with Gasteiger partial charge in [0.25, 0.3) is 0 Å². The molecule has 0 saturated carbocycles. The van der Waals surface area contributed by atoms with Crippen LogP contribution in [0.5, 0.6) is 6.01 Å². The predicted molar refractivity (Wildman–Crippen MR) is 36.8 cm³/mol. The molecule has 6 nitrogen and oxygen atoms in total. The van der Waals surface area contributed by atoms with Crippen LogP contribution in [0.2, 0.25) is 0 Å². The van der Waals surface area contributed by atoms with E-state index in [-0.39, 0.29) is 10.8 Å². The number of aromatic nitrogens is 3. The second-order valence-corrected chi connectivity index (χ2v) is 1.91. The Balaban J connectivity index is 2.65. The molecule has 1 heterocycles. The Morgan fingerprint density at radius 1 is 1.64 bits per heavy atom. The van der Waals surface area contributed by atoms with Gasteiger partial charge in [-0.3, -0.25) is 10.2 Å². The lowest BCUT2D eigenvalue weighted by Crippen LogP contribution is -2.08. The molecular formula is C4H5N3O3S. The largest absolute Gasteiger partial charge is 0.516 e. The van der Waals surface area contributed by atoms with Crippen LogP contribution >= 0.6 is 12.2 Å². The van der Waals surface area contributed by atoms with Crippen molar-refractivity contribution in [3.8, 4) is 6.01 Å². The monoisotopic (exact) mass is 175 g/mol. The van der Waals surface area contributed by atoms with Crippen molar-refractivity contribution in [1.82, 2.24) is 15.2 Å². The maximum Gasteiger partial charge on any atom is 0.516 e. The summed E-state index contributed by atoms with van der Waals surface area (Å²) in [6, 6.07) is -0.0122. The maximum atomic E-state index is 10.4. The lowest BCUT2D eigenvalue weighted by Gasteiger charge is -1.94. The Labute approximate surface area is 66.5 Å². The van der Waals surface area contributed by atoms with Crippen molar-refractivity contribution < 1.29 is 14.3 Å². The van der Waals surface area contributed by atoms with Crippen LogP contribution < -0.4 is 4.74 Å². The summed E-state index contributed by atoms with van der Waals surface area (Å²) in [5, 5.41) is 4.85. The number of ether oxygens (including phenoxy) is 2. The fourth-order valence-electron chi connectivity index (χ4n) is 0.424. The van der Waals surface area contributed by atoms with Crippen LogP contribution in [-0.4, -0.2) is 28.4 Å². The summed E-state index contributed by atoms with van der Waals surface area (Å²) < 4.78 is 8.86. The van der Waals surface area contributed by atoms with Gasteiger partial charge < -0.3 is 9.47 Å². The van der Waals surface area contributed by atoms with Gasteiger partial charge in [-0.2, -0.15) is 4.98 Å². The highest BCUT2D eigenvalue weighted by atomic mass is 32.1. The number of carbonyl (C=O) groups is 1. The number of rotatable bonds is 1. The predicted octanol–water partition coefficient (Wildman–Crippen LogP) is 0.612.